The van der Waals surface area contributed by atoms with Crippen LogP contribution in [0.4, 0.5) is 5.82 Å². The summed E-state index contributed by atoms with van der Waals surface area (Å²) in [5, 5.41) is 26.7. The quantitative estimate of drug-likeness (QED) is 0.0279. The van der Waals surface area contributed by atoms with Gasteiger partial charge in [-0.05, 0) is 12.3 Å². The minimum Gasteiger partial charge on any atom is -0.386 e. The summed E-state index contributed by atoms with van der Waals surface area (Å²) < 4.78 is 62.5. The smallest absolute Gasteiger partial charge is 0.386 e. The third-order valence-electron chi connectivity index (χ3n) is 11.7. The fourth-order valence-electron chi connectivity index (χ4n) is 7.56. The third-order valence-corrected chi connectivity index (χ3v) is 15.7. The lowest BCUT2D eigenvalue weighted by molar-refractivity contribution is -0.137. The topological polar surface area (TPSA) is 364 Å². The molecule has 8 unspecified atom stereocenters. The highest BCUT2D eigenvalue weighted by atomic mass is 32.2. The molecule has 0 radical (unpaired) electrons. The van der Waals surface area contributed by atoms with Gasteiger partial charge in [0.05, 0.1) is 19.5 Å². The highest BCUT2D eigenvalue weighted by Crippen LogP contribution is 2.61. The summed E-state index contributed by atoms with van der Waals surface area (Å²) in [6.07, 6.45) is 14.1. The second-order valence-corrected chi connectivity index (χ2v) is 23.7. The molecule has 70 heavy (non-hydrogen) atoms. The molecule has 0 bridgehead atoms. The average Bonchev–Trinajstić information content (AvgIpc) is 3.85. The third kappa shape index (κ3) is 23.2. The van der Waals surface area contributed by atoms with Gasteiger partial charge in [-0.25, -0.2) is 28.6 Å². The van der Waals surface area contributed by atoms with Crippen LogP contribution in [0.15, 0.2) is 12.7 Å². The highest BCUT2D eigenvalue weighted by Gasteiger charge is 2.50. The molecule has 2 amide bonds. The Hall–Kier alpha value is -2.44. The number of aliphatic hydroxyl groups is 2. The molecule has 0 spiro atoms. The number of anilines is 1. The van der Waals surface area contributed by atoms with Crippen LogP contribution in [0.5, 0.6) is 0 Å². The van der Waals surface area contributed by atoms with Crippen molar-refractivity contribution in [1.82, 2.24) is 30.2 Å². The molecular formula is C42H76N7O17P3S. The molecular weight excluding hydrogens is 999 g/mol. The number of phosphoric ester groups is 3. The van der Waals surface area contributed by atoms with Crippen molar-refractivity contribution in [2.45, 2.75) is 174 Å². The first-order valence-electron chi connectivity index (χ1n) is 24.0. The van der Waals surface area contributed by atoms with Crippen molar-refractivity contribution in [1.29, 1.82) is 0 Å². The molecule has 1 saturated heterocycles. The van der Waals surface area contributed by atoms with E-state index in [-0.39, 0.29) is 41.6 Å². The number of thioether (sulfide) groups is 1. The Balaban J connectivity index is 1.28. The lowest BCUT2D eigenvalue weighted by atomic mass is 9.87. The van der Waals surface area contributed by atoms with Crippen LogP contribution in [-0.2, 0) is 50.7 Å². The summed E-state index contributed by atoms with van der Waals surface area (Å²) in [6.45, 7) is 5.01. The summed E-state index contributed by atoms with van der Waals surface area (Å²) in [7, 11) is -16.4. The van der Waals surface area contributed by atoms with E-state index in [4.69, 9.17) is 19.5 Å². The molecule has 1 aliphatic rings. The number of ether oxygens (including phenoxy) is 1. The molecule has 8 atom stereocenters. The summed E-state index contributed by atoms with van der Waals surface area (Å²) in [5.74, 6) is -0.553. The molecule has 0 aromatic carbocycles. The molecule has 1 fully saturated rings. The maximum Gasteiger partial charge on any atom is 0.481 e. The molecule has 402 valence electrons. The monoisotopic (exact) mass is 1080 g/mol. The van der Waals surface area contributed by atoms with Crippen LogP contribution in [0.2, 0.25) is 0 Å². The number of aromatic nitrogens is 4. The Labute approximate surface area is 414 Å². The summed E-state index contributed by atoms with van der Waals surface area (Å²) in [6, 6.07) is 0. The highest BCUT2D eigenvalue weighted by molar-refractivity contribution is 8.13. The van der Waals surface area contributed by atoms with Gasteiger partial charge in [-0.1, -0.05) is 136 Å². The van der Waals surface area contributed by atoms with E-state index in [1.807, 2.05) is 0 Å². The van der Waals surface area contributed by atoms with Crippen molar-refractivity contribution in [3.63, 3.8) is 0 Å². The van der Waals surface area contributed by atoms with E-state index in [1.54, 1.807) is 0 Å². The first kappa shape index (κ1) is 61.9. The van der Waals surface area contributed by atoms with E-state index in [9.17, 15) is 57.9 Å². The van der Waals surface area contributed by atoms with E-state index in [0.717, 1.165) is 41.8 Å². The number of amides is 2. The zero-order chi connectivity index (χ0) is 52.0. The van der Waals surface area contributed by atoms with Crippen molar-refractivity contribution in [3.8, 4) is 0 Å². The number of hydrogen-bond donors (Lipinski definition) is 9. The molecule has 3 heterocycles. The fraction of sp³-hybridized carbons (Fsp3) is 0.810. The average molecular weight is 1080 g/mol. The van der Waals surface area contributed by atoms with Gasteiger partial charge in [0.15, 0.2) is 22.8 Å². The minimum absolute atomic E-state index is 0.0340. The van der Waals surface area contributed by atoms with Gasteiger partial charge < -0.3 is 50.9 Å². The lowest BCUT2D eigenvalue weighted by Crippen LogP contribution is -2.46. The van der Waals surface area contributed by atoms with Crippen LogP contribution in [-0.4, -0.2) is 123 Å². The van der Waals surface area contributed by atoms with Crippen molar-refractivity contribution in [2.24, 2.45) is 11.3 Å². The Morgan fingerprint density at radius 2 is 1.46 bits per heavy atom. The zero-order valence-corrected chi connectivity index (χ0v) is 44.2. The van der Waals surface area contributed by atoms with Crippen LogP contribution >= 0.6 is 35.2 Å². The molecule has 0 aliphatic carbocycles. The zero-order valence-electron chi connectivity index (χ0n) is 40.7. The molecule has 28 heteroatoms. The largest absolute Gasteiger partial charge is 0.481 e. The van der Waals surface area contributed by atoms with Gasteiger partial charge >= 0.3 is 23.5 Å². The number of unbranched alkanes of at least 4 members (excludes halogenated alkanes) is 13. The molecule has 2 aromatic rings. The number of carbonyl (C=O) groups is 3. The van der Waals surface area contributed by atoms with Crippen molar-refractivity contribution in [2.75, 3.05) is 37.8 Å². The Morgan fingerprint density at radius 1 is 0.857 bits per heavy atom. The van der Waals surface area contributed by atoms with Crippen LogP contribution < -0.4 is 16.4 Å². The van der Waals surface area contributed by atoms with E-state index in [2.05, 4.69) is 48.3 Å². The molecule has 3 rings (SSSR count). The maximum absolute atomic E-state index is 12.8. The SMILES string of the molecule is CCCCCCCCCCCCCCCCC(C)CCC(=O)SCCNC(=O)CCNC(=O)C(O)C(C)(C)COP(=O)(O)OP(=O)(O)OCC1OC(n2cnc3c(N)ncnc32)C(O)C1OP(=O)(O)O. The summed E-state index contributed by atoms with van der Waals surface area (Å²) in [4.78, 5) is 88.7. The standard InChI is InChI=1S/C42H76N7O17P3S/c1-5-6-7-8-9-10-11-12-13-14-15-16-17-18-19-30(2)20-21-33(51)70-25-24-44-32(50)22-23-45-40(54)37(53)42(3,4)27-63-69(60,61)66-68(58,59)62-26-31-36(65-67(55,56)57)35(52)41(64-31)49-29-48-34-38(43)46-28-47-39(34)49/h28-31,35-37,41,52-53H,5-27H2,1-4H3,(H,44,50)(H,45,54)(H,58,59)(H,60,61)(H2,43,46,47)(H2,55,56,57). The number of fused-ring (bicyclic) bond motifs is 1. The Morgan fingerprint density at radius 3 is 2.07 bits per heavy atom. The van der Waals surface area contributed by atoms with Crippen LogP contribution in [0.25, 0.3) is 11.2 Å². The molecule has 0 saturated carbocycles. The maximum atomic E-state index is 12.8. The van der Waals surface area contributed by atoms with E-state index >= 15 is 0 Å². The van der Waals surface area contributed by atoms with E-state index < -0.39 is 84.6 Å². The summed E-state index contributed by atoms with van der Waals surface area (Å²) in [5.41, 5.74) is 4.29. The number of carbonyl (C=O) groups excluding carboxylic acids is 3. The van der Waals surface area contributed by atoms with Crippen LogP contribution in [0.3, 0.4) is 0 Å². The number of nitrogens with zero attached hydrogens (tertiary/aromatic N) is 4. The van der Waals surface area contributed by atoms with E-state index in [0.29, 0.717) is 18.1 Å². The number of phosphoric acid groups is 3. The number of nitrogens with one attached hydrogen (secondary N) is 2. The van der Waals surface area contributed by atoms with Crippen molar-refractivity contribution >= 4 is 69.1 Å². The van der Waals surface area contributed by atoms with Gasteiger partial charge in [0.25, 0.3) is 0 Å². The number of aliphatic hydroxyl groups excluding tert-OH is 2. The second-order valence-electron chi connectivity index (χ2n) is 18.3. The van der Waals surface area contributed by atoms with Gasteiger partial charge in [-0.3, -0.25) is 32.5 Å². The van der Waals surface area contributed by atoms with Gasteiger partial charge in [-0.15, -0.1) is 0 Å². The van der Waals surface area contributed by atoms with E-state index in [1.165, 1.54) is 104 Å². The number of hydrogen-bond acceptors (Lipinski definition) is 18. The number of nitrogen functional groups attached to an aromatic ring is 1. The van der Waals surface area contributed by atoms with Crippen molar-refractivity contribution < 1.29 is 80.5 Å². The number of rotatable bonds is 37. The number of imidazole rings is 1. The molecule has 24 nitrogen and oxygen atoms in total. The normalized spacial score (nSPS) is 20.2. The second kappa shape index (κ2) is 30.7. The first-order valence-corrected chi connectivity index (χ1v) is 29.5. The fourth-order valence-corrected chi connectivity index (χ4v) is 11.1. The predicted octanol–water partition coefficient (Wildman–Crippen LogP) is 5.95. The van der Waals surface area contributed by atoms with Crippen molar-refractivity contribution in [3.05, 3.63) is 12.7 Å². The van der Waals surface area contributed by atoms with Gasteiger partial charge in [0.2, 0.25) is 11.8 Å². The predicted molar refractivity (Wildman–Crippen MR) is 260 cm³/mol. The minimum atomic E-state index is -5.58. The lowest BCUT2D eigenvalue weighted by Gasteiger charge is -2.30. The van der Waals surface area contributed by atoms with Gasteiger partial charge in [-0.2, -0.15) is 4.31 Å². The molecule has 1 aliphatic heterocycles. The van der Waals surface area contributed by atoms with Crippen LogP contribution in [0, 0.1) is 11.3 Å². The first-order chi connectivity index (χ1) is 32.9. The number of nitrogens with two attached hydrogens (primary N) is 1. The van der Waals surface area contributed by atoms with Crippen LogP contribution in [0.1, 0.15) is 149 Å². The Kier molecular flexibility index (Phi) is 27.1. The molecule has 2 aromatic heterocycles. The molecule has 10 N–H and O–H groups in total. The van der Waals surface area contributed by atoms with Gasteiger partial charge in [0, 0.05) is 37.1 Å². The Bertz CT molecular complexity index is 2070. The summed E-state index contributed by atoms with van der Waals surface area (Å²) >= 11 is 1.16. The van der Waals surface area contributed by atoms with Gasteiger partial charge in [0.1, 0.15) is 36.3 Å².